The Bertz CT molecular complexity index is 1530. The summed E-state index contributed by atoms with van der Waals surface area (Å²) in [7, 11) is 0. The zero-order valence-electron chi connectivity index (χ0n) is 19.5. The normalized spacial score (nSPS) is 11.7. The average Bonchev–Trinajstić information content (AvgIpc) is 3.12. The van der Waals surface area contributed by atoms with Crippen molar-refractivity contribution in [2.45, 2.75) is 59.4 Å². The van der Waals surface area contributed by atoms with Crippen molar-refractivity contribution < 1.29 is 0 Å². The molecule has 0 amide bonds. The molecule has 0 aliphatic heterocycles. The molecule has 0 fully saturated rings. The van der Waals surface area contributed by atoms with Gasteiger partial charge in [-0.05, 0) is 50.1 Å². The second-order valence-electron chi connectivity index (χ2n) is 8.79. The number of hydrogen-bond donors (Lipinski definition) is 0. The van der Waals surface area contributed by atoms with Gasteiger partial charge in [-0.1, -0.05) is 56.9 Å². The average molecular weight is 440 g/mol. The maximum atomic E-state index is 13.8. The Balaban J connectivity index is 1.78. The van der Waals surface area contributed by atoms with E-state index in [2.05, 4.69) is 26.0 Å². The highest BCUT2D eigenvalue weighted by molar-refractivity contribution is 6.05. The minimum absolute atomic E-state index is 0.0334. The first-order valence-corrected chi connectivity index (χ1v) is 11.8. The highest BCUT2D eigenvalue weighted by Gasteiger charge is 2.22. The van der Waals surface area contributed by atoms with Crippen molar-refractivity contribution in [3.05, 3.63) is 70.3 Å². The number of aromatic nitrogens is 5. The second kappa shape index (κ2) is 8.77. The monoisotopic (exact) mass is 439 g/mol. The Morgan fingerprint density at radius 3 is 2.33 bits per heavy atom. The highest BCUT2D eigenvalue weighted by Crippen LogP contribution is 2.29. The summed E-state index contributed by atoms with van der Waals surface area (Å²) in [6.45, 7) is 6.86. The minimum Gasteiger partial charge on any atom is -0.296 e. The van der Waals surface area contributed by atoms with Gasteiger partial charge in [-0.3, -0.25) is 13.9 Å². The third-order valence-electron chi connectivity index (χ3n) is 6.30. The molecule has 6 heteroatoms. The Hall–Kier alpha value is -3.54. The fraction of sp³-hybridized carbons (Fsp3) is 0.333. The SMILES string of the molecule is CCCCCCCn1c(C)nc2c(c1=O)c1nc3ccccc3nc1n2-c1cccc(C)c1. The third kappa shape index (κ3) is 3.80. The molecule has 168 valence electrons. The van der Waals surface area contributed by atoms with E-state index in [1.54, 1.807) is 0 Å². The number of benzene rings is 2. The number of nitrogens with zero attached hydrogens (tertiary/aromatic N) is 5. The van der Waals surface area contributed by atoms with Crippen LogP contribution in [0.5, 0.6) is 0 Å². The van der Waals surface area contributed by atoms with Crippen LogP contribution in [0, 0.1) is 13.8 Å². The van der Waals surface area contributed by atoms with E-state index >= 15 is 0 Å². The van der Waals surface area contributed by atoms with Gasteiger partial charge < -0.3 is 0 Å². The second-order valence-corrected chi connectivity index (χ2v) is 8.79. The lowest BCUT2D eigenvalue weighted by atomic mass is 10.1. The van der Waals surface area contributed by atoms with Crippen molar-refractivity contribution in [1.82, 2.24) is 24.1 Å². The standard InChI is InChI=1S/C27H29N5O/c1-4-5-6-7-10-16-31-19(3)28-25-23(27(31)33)24-26(30-22-15-9-8-14-21(22)29-24)32(25)20-13-11-12-18(2)17-20/h8-9,11-15,17H,4-7,10,16H2,1-3H3. The number of unbranched alkanes of at least 4 members (excludes halogenated alkanes) is 4. The number of hydrogen-bond acceptors (Lipinski definition) is 4. The van der Waals surface area contributed by atoms with Crippen LogP contribution in [0.15, 0.2) is 53.3 Å². The number of fused-ring (bicyclic) bond motifs is 4. The molecule has 2 aromatic carbocycles. The van der Waals surface area contributed by atoms with Gasteiger partial charge in [0.2, 0.25) is 0 Å². The van der Waals surface area contributed by atoms with E-state index in [0.29, 0.717) is 28.7 Å². The Labute approximate surface area is 192 Å². The van der Waals surface area contributed by atoms with E-state index < -0.39 is 0 Å². The molecular formula is C27H29N5O. The molecule has 33 heavy (non-hydrogen) atoms. The van der Waals surface area contributed by atoms with Crippen molar-refractivity contribution >= 4 is 33.2 Å². The Morgan fingerprint density at radius 2 is 1.58 bits per heavy atom. The fourth-order valence-electron chi connectivity index (χ4n) is 4.58. The molecular weight excluding hydrogens is 410 g/mol. The van der Waals surface area contributed by atoms with Crippen LogP contribution in [-0.4, -0.2) is 24.1 Å². The van der Waals surface area contributed by atoms with Crippen LogP contribution in [-0.2, 0) is 6.54 Å². The van der Waals surface area contributed by atoms with Crippen LogP contribution in [0.1, 0.15) is 50.4 Å². The van der Waals surface area contributed by atoms with Crippen LogP contribution in [0.4, 0.5) is 0 Å². The molecule has 0 bridgehead atoms. The van der Waals surface area contributed by atoms with Gasteiger partial charge in [-0.25, -0.2) is 15.0 Å². The molecule has 0 radical (unpaired) electrons. The maximum absolute atomic E-state index is 13.8. The molecule has 0 unspecified atom stereocenters. The third-order valence-corrected chi connectivity index (χ3v) is 6.30. The van der Waals surface area contributed by atoms with Gasteiger partial charge in [0, 0.05) is 12.2 Å². The van der Waals surface area contributed by atoms with E-state index in [4.69, 9.17) is 15.0 Å². The minimum atomic E-state index is -0.0334. The van der Waals surface area contributed by atoms with Crippen LogP contribution >= 0.6 is 0 Å². The molecule has 0 atom stereocenters. The topological polar surface area (TPSA) is 65.6 Å². The summed E-state index contributed by atoms with van der Waals surface area (Å²) >= 11 is 0. The predicted molar refractivity (Wildman–Crippen MR) is 134 cm³/mol. The summed E-state index contributed by atoms with van der Waals surface area (Å²) in [5.41, 5.74) is 5.51. The van der Waals surface area contributed by atoms with Crippen molar-refractivity contribution in [2.24, 2.45) is 0 Å². The molecule has 3 aromatic heterocycles. The van der Waals surface area contributed by atoms with E-state index in [9.17, 15) is 4.79 Å². The van der Waals surface area contributed by atoms with Crippen LogP contribution in [0.3, 0.4) is 0 Å². The number of aryl methyl sites for hydroxylation is 2. The molecule has 0 saturated heterocycles. The van der Waals surface area contributed by atoms with Crippen LogP contribution < -0.4 is 5.56 Å². The first kappa shape index (κ1) is 21.3. The smallest absolute Gasteiger partial charge is 0.265 e. The van der Waals surface area contributed by atoms with E-state index in [-0.39, 0.29) is 5.56 Å². The Morgan fingerprint density at radius 1 is 0.818 bits per heavy atom. The summed E-state index contributed by atoms with van der Waals surface area (Å²) in [5, 5.41) is 0.545. The molecule has 3 heterocycles. The molecule has 6 nitrogen and oxygen atoms in total. The summed E-state index contributed by atoms with van der Waals surface area (Å²) < 4.78 is 3.79. The highest BCUT2D eigenvalue weighted by atomic mass is 16.1. The lowest BCUT2D eigenvalue weighted by Crippen LogP contribution is -2.24. The largest absolute Gasteiger partial charge is 0.296 e. The molecule has 5 aromatic rings. The van der Waals surface area contributed by atoms with Gasteiger partial charge in [-0.2, -0.15) is 0 Å². The zero-order chi connectivity index (χ0) is 22.9. The zero-order valence-corrected chi connectivity index (χ0v) is 19.5. The molecule has 0 N–H and O–H groups in total. The van der Waals surface area contributed by atoms with Crippen LogP contribution in [0.25, 0.3) is 38.9 Å². The Kier molecular flexibility index (Phi) is 5.67. The quantitative estimate of drug-likeness (QED) is 0.297. The van der Waals surface area contributed by atoms with Gasteiger partial charge in [0.15, 0.2) is 11.3 Å². The molecule has 0 aliphatic rings. The first-order chi connectivity index (χ1) is 16.1. The number of rotatable bonds is 7. The summed E-state index contributed by atoms with van der Waals surface area (Å²) in [4.78, 5) is 28.5. The van der Waals surface area contributed by atoms with Crippen molar-refractivity contribution in [1.29, 1.82) is 0 Å². The summed E-state index contributed by atoms with van der Waals surface area (Å²) in [6.07, 6.45) is 5.73. The fourth-order valence-corrected chi connectivity index (χ4v) is 4.58. The summed E-state index contributed by atoms with van der Waals surface area (Å²) in [6, 6.07) is 16.0. The van der Waals surface area contributed by atoms with E-state index in [1.165, 1.54) is 19.3 Å². The maximum Gasteiger partial charge on any atom is 0.265 e. The van der Waals surface area contributed by atoms with Gasteiger partial charge in [0.25, 0.3) is 5.56 Å². The molecule has 0 saturated carbocycles. The van der Waals surface area contributed by atoms with E-state index in [0.717, 1.165) is 41.0 Å². The van der Waals surface area contributed by atoms with E-state index in [1.807, 2.05) is 52.5 Å². The lowest BCUT2D eigenvalue weighted by Gasteiger charge is -2.11. The predicted octanol–water partition coefficient (Wildman–Crippen LogP) is 5.87. The number of para-hydroxylation sites is 2. The summed E-state index contributed by atoms with van der Waals surface area (Å²) in [5.74, 6) is 0.726. The van der Waals surface area contributed by atoms with Crippen LogP contribution in [0.2, 0.25) is 0 Å². The molecule has 0 aliphatic carbocycles. The first-order valence-electron chi connectivity index (χ1n) is 11.8. The van der Waals surface area contributed by atoms with Gasteiger partial charge in [0.1, 0.15) is 16.7 Å². The lowest BCUT2D eigenvalue weighted by molar-refractivity contribution is 0.546. The molecule has 0 spiro atoms. The van der Waals surface area contributed by atoms with Crippen molar-refractivity contribution in [2.75, 3.05) is 0 Å². The van der Waals surface area contributed by atoms with Crippen molar-refractivity contribution in [3.8, 4) is 5.69 Å². The van der Waals surface area contributed by atoms with Gasteiger partial charge in [-0.15, -0.1) is 0 Å². The van der Waals surface area contributed by atoms with Gasteiger partial charge in [0.05, 0.1) is 11.0 Å². The molecule has 5 rings (SSSR count). The van der Waals surface area contributed by atoms with Crippen molar-refractivity contribution in [3.63, 3.8) is 0 Å². The van der Waals surface area contributed by atoms with Gasteiger partial charge >= 0.3 is 0 Å².